The number of carbonyl (C=O) groups excluding carboxylic acids is 3. The van der Waals surface area contributed by atoms with Crippen molar-refractivity contribution in [3.05, 3.63) is 69.3 Å². The van der Waals surface area contributed by atoms with Gasteiger partial charge >= 0.3 is 0 Å². The zero-order valence-corrected chi connectivity index (χ0v) is 20.4. The largest absolute Gasteiger partial charge is 0.362 e. The van der Waals surface area contributed by atoms with E-state index >= 15 is 0 Å². The maximum atomic E-state index is 12.8. The molecule has 2 heterocycles. The van der Waals surface area contributed by atoms with Crippen LogP contribution in [-0.2, 0) is 11.3 Å². The maximum absolute atomic E-state index is 12.8. The van der Waals surface area contributed by atoms with E-state index in [0.29, 0.717) is 37.4 Å². The van der Waals surface area contributed by atoms with Gasteiger partial charge in [0, 0.05) is 69.9 Å². The molecule has 0 aromatic heterocycles. The molecule has 10 heteroatoms. The molecule has 0 radical (unpaired) electrons. The Morgan fingerprint density at radius 1 is 0.889 bits per heavy atom. The standard InChI is InChI=1S/C26H31N5O5/c1-19(32)28-12-14-29(15-13-28)23-9-8-21(17-24(23)31(35)36)25(33)27-18-20-6-5-7-22(16-20)26(34)30-10-3-2-4-11-30/h5-9,16-17H,2-4,10-15,18H2,1H3,(H,27,33). The van der Waals surface area contributed by atoms with Crippen LogP contribution in [0.1, 0.15) is 52.5 Å². The fourth-order valence-electron chi connectivity index (χ4n) is 4.72. The Labute approximate surface area is 210 Å². The summed E-state index contributed by atoms with van der Waals surface area (Å²) in [4.78, 5) is 53.9. The minimum absolute atomic E-state index is 0.00164. The molecule has 0 spiro atoms. The average molecular weight is 494 g/mol. The molecule has 190 valence electrons. The molecule has 2 aromatic carbocycles. The predicted octanol–water partition coefficient (Wildman–Crippen LogP) is 2.82. The maximum Gasteiger partial charge on any atom is 0.293 e. The highest BCUT2D eigenvalue weighted by molar-refractivity contribution is 5.96. The summed E-state index contributed by atoms with van der Waals surface area (Å²) in [5.74, 6) is -0.449. The molecule has 2 saturated heterocycles. The summed E-state index contributed by atoms with van der Waals surface area (Å²) < 4.78 is 0. The number of nitrogens with one attached hydrogen (secondary N) is 1. The van der Waals surface area contributed by atoms with E-state index in [1.54, 1.807) is 35.2 Å². The molecule has 0 atom stereocenters. The first-order chi connectivity index (χ1) is 17.3. The highest BCUT2D eigenvalue weighted by Gasteiger charge is 2.26. The van der Waals surface area contributed by atoms with E-state index in [1.165, 1.54) is 13.0 Å². The van der Waals surface area contributed by atoms with Gasteiger partial charge in [-0.1, -0.05) is 12.1 Å². The Morgan fingerprint density at radius 3 is 2.28 bits per heavy atom. The summed E-state index contributed by atoms with van der Waals surface area (Å²) >= 11 is 0. The van der Waals surface area contributed by atoms with Gasteiger partial charge in [0.1, 0.15) is 5.69 Å². The van der Waals surface area contributed by atoms with Gasteiger partial charge in [0.25, 0.3) is 17.5 Å². The molecule has 0 aliphatic carbocycles. The third kappa shape index (κ3) is 5.81. The number of rotatable bonds is 6. The lowest BCUT2D eigenvalue weighted by molar-refractivity contribution is -0.384. The molecule has 2 fully saturated rings. The lowest BCUT2D eigenvalue weighted by atomic mass is 10.1. The van der Waals surface area contributed by atoms with Crippen LogP contribution in [0.3, 0.4) is 0 Å². The van der Waals surface area contributed by atoms with E-state index < -0.39 is 10.8 Å². The first kappa shape index (κ1) is 25.2. The second kappa shape index (κ2) is 11.2. The van der Waals surface area contributed by atoms with Gasteiger partial charge in [0.2, 0.25) is 5.91 Å². The highest BCUT2D eigenvalue weighted by atomic mass is 16.6. The Hall–Kier alpha value is -3.95. The normalized spacial score (nSPS) is 16.0. The molecule has 2 aliphatic heterocycles. The van der Waals surface area contributed by atoms with E-state index in [0.717, 1.165) is 37.9 Å². The van der Waals surface area contributed by atoms with Crippen LogP contribution < -0.4 is 10.2 Å². The van der Waals surface area contributed by atoms with Crippen LogP contribution in [0.15, 0.2) is 42.5 Å². The zero-order valence-electron chi connectivity index (χ0n) is 20.4. The van der Waals surface area contributed by atoms with Crippen LogP contribution >= 0.6 is 0 Å². The number of nitro groups is 1. The third-order valence-corrected chi connectivity index (χ3v) is 6.77. The molecule has 36 heavy (non-hydrogen) atoms. The Kier molecular flexibility index (Phi) is 7.82. The Balaban J connectivity index is 1.41. The third-order valence-electron chi connectivity index (χ3n) is 6.77. The van der Waals surface area contributed by atoms with Crippen molar-refractivity contribution in [2.24, 2.45) is 0 Å². The van der Waals surface area contributed by atoms with E-state index in [1.807, 2.05) is 15.9 Å². The molecular formula is C26H31N5O5. The van der Waals surface area contributed by atoms with Crippen molar-refractivity contribution >= 4 is 29.1 Å². The average Bonchev–Trinajstić information content (AvgIpc) is 2.91. The van der Waals surface area contributed by atoms with Gasteiger partial charge < -0.3 is 20.0 Å². The highest BCUT2D eigenvalue weighted by Crippen LogP contribution is 2.30. The van der Waals surface area contributed by atoms with Gasteiger partial charge in [-0.25, -0.2) is 0 Å². The van der Waals surface area contributed by atoms with Crippen LogP contribution in [-0.4, -0.2) is 71.7 Å². The monoisotopic (exact) mass is 493 g/mol. The van der Waals surface area contributed by atoms with Gasteiger partial charge in [-0.05, 0) is 49.1 Å². The summed E-state index contributed by atoms with van der Waals surface area (Å²) in [6.07, 6.45) is 3.17. The lowest BCUT2D eigenvalue weighted by Gasteiger charge is -2.35. The number of likely N-dealkylation sites (tertiary alicyclic amines) is 1. The van der Waals surface area contributed by atoms with Crippen molar-refractivity contribution in [3.8, 4) is 0 Å². The molecule has 0 saturated carbocycles. The molecule has 0 unspecified atom stereocenters. The lowest BCUT2D eigenvalue weighted by Crippen LogP contribution is -2.48. The van der Waals surface area contributed by atoms with Gasteiger partial charge in [-0.2, -0.15) is 0 Å². The van der Waals surface area contributed by atoms with Crippen LogP contribution in [0.25, 0.3) is 0 Å². The number of piperidine rings is 1. The summed E-state index contributed by atoms with van der Waals surface area (Å²) in [5, 5.41) is 14.6. The van der Waals surface area contributed by atoms with E-state index in [4.69, 9.17) is 0 Å². The topological polar surface area (TPSA) is 116 Å². The minimum atomic E-state index is -0.487. The van der Waals surface area contributed by atoms with Gasteiger partial charge in [-0.3, -0.25) is 24.5 Å². The van der Waals surface area contributed by atoms with Crippen molar-refractivity contribution in [3.63, 3.8) is 0 Å². The number of amides is 3. The second-order valence-corrected chi connectivity index (χ2v) is 9.19. The summed E-state index contributed by atoms with van der Waals surface area (Å²) in [6.45, 7) is 5.19. The first-order valence-corrected chi connectivity index (χ1v) is 12.3. The molecule has 10 nitrogen and oxygen atoms in total. The zero-order chi connectivity index (χ0) is 25.7. The van der Waals surface area contributed by atoms with Gasteiger partial charge in [-0.15, -0.1) is 0 Å². The molecule has 0 bridgehead atoms. The van der Waals surface area contributed by atoms with Crippen molar-refractivity contribution in [1.82, 2.24) is 15.1 Å². The number of nitro benzene ring substituents is 1. The number of carbonyl (C=O) groups is 3. The van der Waals surface area contributed by atoms with E-state index in [2.05, 4.69) is 5.32 Å². The predicted molar refractivity (Wildman–Crippen MR) is 135 cm³/mol. The summed E-state index contributed by atoms with van der Waals surface area (Å²) in [7, 11) is 0. The molecular weight excluding hydrogens is 462 g/mol. The quantitative estimate of drug-likeness (QED) is 0.489. The summed E-state index contributed by atoms with van der Waals surface area (Å²) in [6, 6.07) is 11.6. The SMILES string of the molecule is CC(=O)N1CCN(c2ccc(C(=O)NCc3cccc(C(=O)N4CCCCC4)c3)cc2[N+](=O)[O-])CC1. The number of hydrogen-bond acceptors (Lipinski definition) is 6. The van der Waals surface area contributed by atoms with Crippen molar-refractivity contribution in [2.75, 3.05) is 44.2 Å². The van der Waals surface area contributed by atoms with Crippen molar-refractivity contribution in [1.29, 1.82) is 0 Å². The number of anilines is 1. The minimum Gasteiger partial charge on any atom is -0.362 e. The number of hydrogen-bond donors (Lipinski definition) is 1. The van der Waals surface area contributed by atoms with Crippen molar-refractivity contribution in [2.45, 2.75) is 32.7 Å². The smallest absolute Gasteiger partial charge is 0.293 e. The Bertz CT molecular complexity index is 1150. The number of nitrogens with zero attached hydrogens (tertiary/aromatic N) is 4. The van der Waals surface area contributed by atoms with Crippen molar-refractivity contribution < 1.29 is 19.3 Å². The van der Waals surface area contributed by atoms with E-state index in [-0.39, 0.29) is 29.6 Å². The van der Waals surface area contributed by atoms with Crippen LogP contribution in [0.4, 0.5) is 11.4 Å². The second-order valence-electron chi connectivity index (χ2n) is 9.19. The molecule has 2 aromatic rings. The van der Waals surface area contributed by atoms with Crippen LogP contribution in [0.2, 0.25) is 0 Å². The molecule has 2 aliphatic rings. The fourth-order valence-corrected chi connectivity index (χ4v) is 4.72. The molecule has 3 amide bonds. The molecule has 4 rings (SSSR count). The van der Waals surface area contributed by atoms with Gasteiger partial charge in [0.15, 0.2) is 0 Å². The molecule has 1 N–H and O–H groups in total. The summed E-state index contributed by atoms with van der Waals surface area (Å²) in [5.41, 5.74) is 1.85. The van der Waals surface area contributed by atoms with Crippen LogP contribution in [0, 0.1) is 10.1 Å². The Morgan fingerprint density at radius 2 is 1.61 bits per heavy atom. The number of benzene rings is 2. The van der Waals surface area contributed by atoms with E-state index in [9.17, 15) is 24.5 Å². The fraction of sp³-hybridized carbons (Fsp3) is 0.423. The van der Waals surface area contributed by atoms with Crippen LogP contribution in [0.5, 0.6) is 0 Å². The number of piperazine rings is 1. The van der Waals surface area contributed by atoms with Gasteiger partial charge in [0.05, 0.1) is 4.92 Å². The first-order valence-electron chi connectivity index (χ1n) is 12.3.